The number of rotatable bonds is 3. The van der Waals surface area contributed by atoms with E-state index >= 15 is 0 Å². The Kier molecular flexibility index (Phi) is 4.38. The lowest BCUT2D eigenvalue weighted by Crippen LogP contribution is -2.15. The molecule has 0 bridgehead atoms. The molecule has 0 aliphatic heterocycles. The van der Waals surface area contributed by atoms with Gasteiger partial charge in [0.05, 0.1) is 11.3 Å². The molecule has 4 nitrogen and oxygen atoms in total. The Balaban J connectivity index is 2.39. The number of para-hydroxylation sites is 1. The van der Waals surface area contributed by atoms with Crippen LogP contribution in [0.2, 0.25) is 0 Å². The van der Waals surface area contributed by atoms with Gasteiger partial charge in [0.25, 0.3) is 5.91 Å². The van der Waals surface area contributed by atoms with Crippen LogP contribution in [0.25, 0.3) is 0 Å². The molecule has 0 fully saturated rings. The largest absolute Gasteiger partial charge is 0.334 e. The van der Waals surface area contributed by atoms with E-state index in [1.165, 1.54) is 30.3 Å². The first-order valence-electron chi connectivity index (χ1n) is 5.59. The molecule has 110 valence electrons. The van der Waals surface area contributed by atoms with Crippen LogP contribution in [-0.4, -0.2) is 14.3 Å². The van der Waals surface area contributed by atoms with Gasteiger partial charge < -0.3 is 5.32 Å². The van der Waals surface area contributed by atoms with Crippen LogP contribution in [-0.2, 0) is 10.2 Å². The van der Waals surface area contributed by atoms with Gasteiger partial charge in [-0.2, -0.15) is 8.42 Å². The third kappa shape index (κ3) is 3.64. The molecular weight excluding hydrogens is 368 g/mol. The maximum absolute atomic E-state index is 13.6. The Morgan fingerprint density at radius 3 is 2.48 bits per heavy atom. The minimum atomic E-state index is -5.00. The number of amides is 1. The van der Waals surface area contributed by atoms with Gasteiger partial charge in [-0.1, -0.05) is 28.1 Å². The lowest BCUT2D eigenvalue weighted by molar-refractivity contribution is 0.102. The number of carbonyl (C=O) groups is 1. The van der Waals surface area contributed by atoms with Gasteiger partial charge in [0, 0.05) is 4.47 Å². The predicted octanol–water partition coefficient (Wildman–Crippen LogP) is 3.50. The number of hydrogen-bond acceptors (Lipinski definition) is 3. The molecule has 2 aromatic carbocycles. The van der Waals surface area contributed by atoms with Gasteiger partial charge in [-0.05, 0) is 30.3 Å². The van der Waals surface area contributed by atoms with E-state index in [4.69, 9.17) is 0 Å². The first kappa shape index (κ1) is 15.6. The van der Waals surface area contributed by atoms with Crippen LogP contribution in [0.3, 0.4) is 0 Å². The molecule has 0 heterocycles. The summed E-state index contributed by atoms with van der Waals surface area (Å²) in [6.07, 6.45) is 0. The number of hydrogen-bond donors (Lipinski definition) is 1. The highest BCUT2D eigenvalue weighted by molar-refractivity contribution is 9.10. The highest BCUT2D eigenvalue weighted by atomic mass is 79.9. The fraction of sp³-hybridized carbons (Fsp3) is 0. The summed E-state index contributed by atoms with van der Waals surface area (Å²) < 4.78 is 49.2. The molecule has 0 aliphatic rings. The van der Waals surface area contributed by atoms with Gasteiger partial charge in [-0.25, -0.2) is 4.39 Å². The van der Waals surface area contributed by atoms with E-state index in [0.717, 1.165) is 12.1 Å². The van der Waals surface area contributed by atoms with Crippen LogP contribution < -0.4 is 5.32 Å². The molecular formula is C13H8BrF2NO3S. The van der Waals surface area contributed by atoms with Gasteiger partial charge >= 0.3 is 10.2 Å². The van der Waals surface area contributed by atoms with Crippen LogP contribution in [0, 0.1) is 5.82 Å². The van der Waals surface area contributed by atoms with Crippen molar-refractivity contribution < 1.29 is 21.5 Å². The number of benzene rings is 2. The lowest BCUT2D eigenvalue weighted by Gasteiger charge is -2.09. The maximum Gasteiger partial charge on any atom is 0.334 e. The third-order valence-electron chi connectivity index (χ3n) is 2.57. The fourth-order valence-corrected chi connectivity index (χ4v) is 2.63. The van der Waals surface area contributed by atoms with Crippen molar-refractivity contribution in [3.05, 3.63) is 58.3 Å². The summed E-state index contributed by atoms with van der Waals surface area (Å²) in [7, 11) is -5.00. The Bertz CT molecular complexity index is 809. The molecule has 0 aromatic heterocycles. The van der Waals surface area contributed by atoms with Crippen LogP contribution in [0.5, 0.6) is 0 Å². The SMILES string of the molecule is O=C(Nc1ccccc1S(=O)(=O)F)c1cc(Br)ccc1F. The number of nitrogens with one attached hydrogen (secondary N) is 1. The summed E-state index contributed by atoms with van der Waals surface area (Å²) in [6.45, 7) is 0. The fourth-order valence-electron chi connectivity index (χ4n) is 1.64. The first-order chi connectivity index (χ1) is 9.79. The molecule has 8 heteroatoms. The zero-order chi connectivity index (χ0) is 15.6. The van der Waals surface area contributed by atoms with E-state index in [2.05, 4.69) is 21.2 Å². The van der Waals surface area contributed by atoms with Gasteiger partial charge in [-0.15, -0.1) is 3.89 Å². The van der Waals surface area contributed by atoms with Gasteiger partial charge in [0.2, 0.25) is 0 Å². The Hall–Kier alpha value is -1.80. The van der Waals surface area contributed by atoms with Gasteiger partial charge in [0.15, 0.2) is 0 Å². The van der Waals surface area contributed by atoms with Gasteiger partial charge in [-0.3, -0.25) is 4.79 Å². The van der Waals surface area contributed by atoms with E-state index in [-0.39, 0.29) is 11.3 Å². The van der Waals surface area contributed by atoms with E-state index in [1.807, 2.05) is 0 Å². The molecule has 1 N–H and O–H groups in total. The van der Waals surface area contributed by atoms with Gasteiger partial charge in [0.1, 0.15) is 10.7 Å². The van der Waals surface area contributed by atoms with E-state index in [1.54, 1.807) is 0 Å². The molecule has 2 rings (SSSR count). The summed E-state index contributed by atoms with van der Waals surface area (Å²) in [4.78, 5) is 11.3. The van der Waals surface area contributed by atoms with Crippen LogP contribution in [0.15, 0.2) is 51.8 Å². The highest BCUT2D eigenvalue weighted by Crippen LogP contribution is 2.24. The van der Waals surface area contributed by atoms with Crippen LogP contribution in [0.4, 0.5) is 14.0 Å². The summed E-state index contributed by atoms with van der Waals surface area (Å²) in [5, 5.41) is 2.18. The van der Waals surface area contributed by atoms with Crippen LogP contribution >= 0.6 is 15.9 Å². The Labute approximate surface area is 128 Å². The van der Waals surface area contributed by atoms with Crippen molar-refractivity contribution >= 4 is 37.7 Å². The van der Waals surface area contributed by atoms with E-state index in [0.29, 0.717) is 4.47 Å². The molecule has 1 amide bonds. The summed E-state index contributed by atoms with van der Waals surface area (Å²) >= 11 is 3.09. The van der Waals surface area contributed by atoms with Crippen molar-refractivity contribution in [2.45, 2.75) is 4.90 Å². The molecule has 0 aliphatic carbocycles. The average Bonchev–Trinajstić information content (AvgIpc) is 2.41. The predicted molar refractivity (Wildman–Crippen MR) is 76.8 cm³/mol. The quantitative estimate of drug-likeness (QED) is 0.835. The van der Waals surface area contributed by atoms with E-state index < -0.39 is 26.8 Å². The second kappa shape index (κ2) is 5.90. The normalized spacial score (nSPS) is 11.2. The molecule has 0 radical (unpaired) electrons. The first-order valence-corrected chi connectivity index (χ1v) is 7.77. The van der Waals surface area contributed by atoms with Crippen LogP contribution in [0.1, 0.15) is 10.4 Å². The topological polar surface area (TPSA) is 63.2 Å². The van der Waals surface area contributed by atoms with Crippen molar-refractivity contribution in [2.24, 2.45) is 0 Å². The third-order valence-corrected chi connectivity index (χ3v) is 3.95. The van der Waals surface area contributed by atoms with Crippen molar-refractivity contribution in [3.63, 3.8) is 0 Å². The monoisotopic (exact) mass is 375 g/mol. The second-order valence-electron chi connectivity index (χ2n) is 4.01. The standard InChI is InChI=1S/C13H8BrF2NO3S/c14-8-5-6-10(15)9(7-8)13(18)17-11-3-1-2-4-12(11)21(16,19)20/h1-7H,(H,17,18). The number of halogens is 3. The zero-order valence-electron chi connectivity index (χ0n) is 10.3. The molecule has 0 spiro atoms. The lowest BCUT2D eigenvalue weighted by atomic mass is 10.2. The van der Waals surface area contributed by atoms with Crippen molar-refractivity contribution in [1.82, 2.24) is 0 Å². The number of anilines is 1. The Morgan fingerprint density at radius 1 is 1.14 bits per heavy atom. The molecule has 0 saturated carbocycles. The molecule has 0 saturated heterocycles. The number of carbonyl (C=O) groups excluding carboxylic acids is 1. The summed E-state index contributed by atoms with van der Waals surface area (Å²) in [6, 6.07) is 8.66. The van der Waals surface area contributed by atoms with E-state index in [9.17, 15) is 21.5 Å². The van der Waals surface area contributed by atoms with Crippen molar-refractivity contribution in [3.8, 4) is 0 Å². The second-order valence-corrected chi connectivity index (χ2v) is 6.24. The molecule has 21 heavy (non-hydrogen) atoms. The molecule has 0 atom stereocenters. The van der Waals surface area contributed by atoms with Crippen molar-refractivity contribution in [1.29, 1.82) is 0 Å². The summed E-state index contributed by atoms with van der Waals surface area (Å²) in [5.41, 5.74) is -0.556. The smallest absolute Gasteiger partial charge is 0.321 e. The zero-order valence-corrected chi connectivity index (χ0v) is 12.7. The average molecular weight is 376 g/mol. The Morgan fingerprint density at radius 2 is 1.81 bits per heavy atom. The highest BCUT2D eigenvalue weighted by Gasteiger charge is 2.20. The summed E-state index contributed by atoms with van der Waals surface area (Å²) in [5.74, 6) is -1.67. The minimum absolute atomic E-state index is 0.260. The van der Waals surface area contributed by atoms with Crippen molar-refractivity contribution in [2.75, 3.05) is 5.32 Å². The molecule has 2 aromatic rings. The minimum Gasteiger partial charge on any atom is -0.321 e. The molecule has 0 unspecified atom stereocenters. The maximum atomic E-state index is 13.6.